The van der Waals surface area contributed by atoms with Gasteiger partial charge in [0.2, 0.25) is 5.91 Å². The smallest absolute Gasteiger partial charge is 0.261 e. The van der Waals surface area contributed by atoms with Crippen LogP contribution in [0.4, 0.5) is 5.69 Å². The van der Waals surface area contributed by atoms with Crippen molar-refractivity contribution in [1.82, 2.24) is 19.3 Å². The second-order valence-electron chi connectivity index (χ2n) is 6.47. The molecule has 0 radical (unpaired) electrons. The Hall–Kier alpha value is -3.74. The Balaban J connectivity index is 1.36. The maximum Gasteiger partial charge on any atom is 0.261 e. The Morgan fingerprint density at radius 1 is 1.04 bits per heavy atom. The van der Waals surface area contributed by atoms with Crippen molar-refractivity contribution in [2.24, 2.45) is 0 Å². The van der Waals surface area contributed by atoms with E-state index in [9.17, 15) is 9.59 Å². The molecule has 2 aromatic carbocycles. The van der Waals surface area contributed by atoms with Gasteiger partial charge in [-0.1, -0.05) is 42.5 Å². The summed E-state index contributed by atoms with van der Waals surface area (Å²) < 4.78 is 3.23. The van der Waals surface area contributed by atoms with Crippen LogP contribution in [-0.2, 0) is 17.9 Å². The van der Waals surface area contributed by atoms with Crippen LogP contribution in [0.25, 0.3) is 10.9 Å². The Labute approximate surface area is 161 Å². The Morgan fingerprint density at radius 2 is 1.82 bits per heavy atom. The lowest BCUT2D eigenvalue weighted by atomic mass is 10.2. The maximum absolute atomic E-state index is 12.5. The molecule has 0 aliphatic rings. The van der Waals surface area contributed by atoms with E-state index in [1.165, 1.54) is 10.9 Å². The maximum atomic E-state index is 12.5. The van der Waals surface area contributed by atoms with Gasteiger partial charge >= 0.3 is 0 Å². The summed E-state index contributed by atoms with van der Waals surface area (Å²) in [5.41, 5.74) is 2.27. The highest BCUT2D eigenvalue weighted by Crippen LogP contribution is 2.09. The Morgan fingerprint density at radius 3 is 2.68 bits per heavy atom. The molecule has 0 atom stereocenters. The van der Waals surface area contributed by atoms with Crippen molar-refractivity contribution in [3.63, 3.8) is 0 Å². The fourth-order valence-corrected chi connectivity index (χ4v) is 3.00. The van der Waals surface area contributed by atoms with Crippen molar-refractivity contribution in [3.8, 4) is 0 Å². The van der Waals surface area contributed by atoms with E-state index >= 15 is 0 Å². The van der Waals surface area contributed by atoms with Gasteiger partial charge in [-0.15, -0.1) is 0 Å². The van der Waals surface area contributed by atoms with Gasteiger partial charge in [-0.3, -0.25) is 18.8 Å². The average molecular weight is 373 g/mol. The number of hydrogen-bond acceptors (Lipinski definition) is 4. The van der Waals surface area contributed by atoms with Gasteiger partial charge in [0.05, 0.1) is 35.7 Å². The lowest BCUT2D eigenvalue weighted by molar-refractivity contribution is -0.116. The molecule has 7 nitrogen and oxygen atoms in total. The van der Waals surface area contributed by atoms with Crippen LogP contribution in [-0.4, -0.2) is 25.2 Å². The normalized spacial score (nSPS) is 10.9. The number of hydrogen-bond donors (Lipinski definition) is 1. The van der Waals surface area contributed by atoms with Crippen LogP contribution in [0.5, 0.6) is 0 Å². The molecule has 0 saturated heterocycles. The Kier molecular flexibility index (Phi) is 4.97. The van der Waals surface area contributed by atoms with Crippen LogP contribution in [0.15, 0.2) is 78.1 Å². The molecule has 0 unspecified atom stereocenters. The molecule has 28 heavy (non-hydrogen) atoms. The summed E-state index contributed by atoms with van der Waals surface area (Å²) in [6.07, 6.45) is 5.05. The summed E-state index contributed by atoms with van der Waals surface area (Å²) in [7, 11) is 0. The zero-order chi connectivity index (χ0) is 19.3. The van der Waals surface area contributed by atoms with Gasteiger partial charge in [-0.25, -0.2) is 4.98 Å². The molecular formula is C21H19N5O2. The van der Waals surface area contributed by atoms with Crippen LogP contribution in [0.1, 0.15) is 12.0 Å². The number of carbonyl (C=O) groups is 1. The third kappa shape index (κ3) is 3.98. The fourth-order valence-electron chi connectivity index (χ4n) is 3.00. The van der Waals surface area contributed by atoms with Gasteiger partial charge < -0.3 is 5.32 Å². The highest BCUT2D eigenvalue weighted by Gasteiger charge is 2.08. The first-order chi connectivity index (χ1) is 13.7. The van der Waals surface area contributed by atoms with E-state index in [0.29, 0.717) is 23.1 Å². The third-order valence-corrected chi connectivity index (χ3v) is 4.42. The van der Waals surface area contributed by atoms with Crippen molar-refractivity contribution >= 4 is 22.5 Å². The standard InChI is InChI=1S/C21H19N5O2/c27-20(10-11-25-15-22-19-9-5-4-8-18(19)21(25)28)24-17-12-23-26(14-17)13-16-6-2-1-3-7-16/h1-9,12,14-15H,10-11,13H2,(H,24,27). The van der Waals surface area contributed by atoms with E-state index in [4.69, 9.17) is 0 Å². The number of aryl methyl sites for hydroxylation is 1. The minimum absolute atomic E-state index is 0.144. The molecule has 0 spiro atoms. The molecular weight excluding hydrogens is 354 g/mol. The van der Waals surface area contributed by atoms with Crippen LogP contribution in [0.2, 0.25) is 0 Å². The highest BCUT2D eigenvalue weighted by molar-refractivity contribution is 5.90. The zero-order valence-corrected chi connectivity index (χ0v) is 15.2. The molecule has 1 N–H and O–H groups in total. The van der Waals surface area contributed by atoms with E-state index in [1.54, 1.807) is 35.3 Å². The lowest BCUT2D eigenvalue weighted by Crippen LogP contribution is -2.23. The number of fused-ring (bicyclic) bond motifs is 1. The number of nitrogens with zero attached hydrogens (tertiary/aromatic N) is 4. The third-order valence-electron chi connectivity index (χ3n) is 4.42. The second-order valence-corrected chi connectivity index (χ2v) is 6.47. The number of nitrogens with one attached hydrogen (secondary N) is 1. The molecule has 2 aromatic heterocycles. The van der Waals surface area contributed by atoms with Crippen molar-refractivity contribution in [3.05, 3.63) is 89.2 Å². The highest BCUT2D eigenvalue weighted by atomic mass is 16.2. The molecule has 1 amide bonds. The number of rotatable bonds is 6. The first kappa shape index (κ1) is 17.7. The number of carbonyl (C=O) groups excluding carboxylic acids is 1. The molecule has 7 heteroatoms. The molecule has 2 heterocycles. The predicted octanol–water partition coefficient (Wildman–Crippen LogP) is 2.67. The molecule has 0 aliphatic carbocycles. The number of para-hydroxylation sites is 1. The minimum Gasteiger partial charge on any atom is -0.323 e. The van der Waals surface area contributed by atoms with Crippen LogP contribution in [0.3, 0.4) is 0 Å². The van der Waals surface area contributed by atoms with E-state index in [2.05, 4.69) is 15.4 Å². The van der Waals surface area contributed by atoms with E-state index in [0.717, 1.165) is 5.56 Å². The van der Waals surface area contributed by atoms with Gasteiger partial charge in [0, 0.05) is 19.2 Å². The van der Waals surface area contributed by atoms with Crippen LogP contribution < -0.4 is 10.9 Å². The average Bonchev–Trinajstić information content (AvgIpc) is 3.15. The summed E-state index contributed by atoms with van der Waals surface area (Å²) in [5, 5.41) is 7.63. The zero-order valence-electron chi connectivity index (χ0n) is 15.2. The van der Waals surface area contributed by atoms with E-state index < -0.39 is 0 Å². The predicted molar refractivity (Wildman–Crippen MR) is 107 cm³/mol. The monoisotopic (exact) mass is 373 g/mol. The summed E-state index contributed by atoms with van der Waals surface area (Å²) in [5.74, 6) is -0.181. The van der Waals surface area contributed by atoms with E-state index in [-0.39, 0.29) is 24.4 Å². The number of benzene rings is 2. The molecule has 140 valence electrons. The Bertz CT molecular complexity index is 1160. The van der Waals surface area contributed by atoms with Crippen molar-refractivity contribution in [2.75, 3.05) is 5.32 Å². The molecule has 0 fully saturated rings. The molecule has 4 rings (SSSR count). The van der Waals surface area contributed by atoms with Crippen LogP contribution >= 0.6 is 0 Å². The SMILES string of the molecule is O=C(CCn1cnc2ccccc2c1=O)Nc1cnn(Cc2ccccc2)c1. The van der Waals surface area contributed by atoms with Gasteiger partial charge in [0.25, 0.3) is 5.56 Å². The van der Waals surface area contributed by atoms with Gasteiger partial charge in [-0.05, 0) is 17.7 Å². The summed E-state index contributed by atoms with van der Waals surface area (Å²) in [6, 6.07) is 17.1. The first-order valence-electron chi connectivity index (χ1n) is 8.99. The molecule has 0 aliphatic heterocycles. The molecule has 0 saturated carbocycles. The number of amides is 1. The minimum atomic E-state index is -0.181. The van der Waals surface area contributed by atoms with Crippen molar-refractivity contribution in [2.45, 2.75) is 19.5 Å². The van der Waals surface area contributed by atoms with Crippen LogP contribution in [0, 0.1) is 0 Å². The summed E-state index contributed by atoms with van der Waals surface area (Å²) >= 11 is 0. The summed E-state index contributed by atoms with van der Waals surface area (Å²) in [4.78, 5) is 29.0. The van der Waals surface area contributed by atoms with Crippen molar-refractivity contribution in [1.29, 1.82) is 0 Å². The lowest BCUT2D eigenvalue weighted by Gasteiger charge is -2.06. The van der Waals surface area contributed by atoms with Gasteiger partial charge in [0.1, 0.15) is 0 Å². The second kappa shape index (κ2) is 7.87. The van der Waals surface area contributed by atoms with Gasteiger partial charge in [-0.2, -0.15) is 5.10 Å². The molecule has 0 bridgehead atoms. The summed E-state index contributed by atoms with van der Waals surface area (Å²) in [6.45, 7) is 0.898. The topological polar surface area (TPSA) is 81.8 Å². The number of aromatic nitrogens is 4. The molecule has 4 aromatic rings. The first-order valence-corrected chi connectivity index (χ1v) is 8.99. The fraction of sp³-hybridized carbons (Fsp3) is 0.143. The number of anilines is 1. The quantitative estimate of drug-likeness (QED) is 0.563. The van der Waals surface area contributed by atoms with Gasteiger partial charge in [0.15, 0.2) is 0 Å². The van der Waals surface area contributed by atoms with Crippen molar-refractivity contribution < 1.29 is 4.79 Å². The largest absolute Gasteiger partial charge is 0.323 e. The van der Waals surface area contributed by atoms with E-state index in [1.807, 2.05) is 36.4 Å².